The summed E-state index contributed by atoms with van der Waals surface area (Å²) in [7, 11) is 0. The van der Waals surface area contributed by atoms with E-state index in [9.17, 15) is 9.59 Å². The highest BCUT2D eigenvalue weighted by Gasteiger charge is 2.00. The lowest BCUT2D eigenvalue weighted by Crippen LogP contribution is -1.93. The maximum Gasteiger partial charge on any atom is 0.185 e. The molecule has 0 unspecified atom stereocenters. The summed E-state index contributed by atoms with van der Waals surface area (Å²) in [5.41, 5.74) is 1.10. The van der Waals surface area contributed by atoms with Gasteiger partial charge in [-0.05, 0) is 43.2 Å². The van der Waals surface area contributed by atoms with Crippen molar-refractivity contribution in [3.05, 3.63) is 47.5 Å². The number of rotatable bonds is 6. The molecule has 0 saturated carbocycles. The summed E-state index contributed by atoms with van der Waals surface area (Å²) in [5, 5.41) is 8.61. The van der Waals surface area contributed by atoms with E-state index in [-0.39, 0.29) is 5.78 Å². The normalized spacial score (nSPS) is 10.1. The molecule has 1 rings (SSSR count). The molecular weight excluding hydrogens is 214 g/mol. The van der Waals surface area contributed by atoms with Crippen molar-refractivity contribution in [3.8, 4) is 6.07 Å². The summed E-state index contributed by atoms with van der Waals surface area (Å²) < 4.78 is 0. The molecule has 3 heteroatoms. The topological polar surface area (TPSA) is 57.9 Å². The van der Waals surface area contributed by atoms with Crippen molar-refractivity contribution in [2.45, 2.75) is 19.3 Å². The van der Waals surface area contributed by atoms with E-state index in [1.165, 1.54) is 6.08 Å². The molecule has 0 heterocycles. The summed E-state index contributed by atoms with van der Waals surface area (Å²) in [5.74, 6) is -0.0828. The number of nitrogens with zero attached hydrogens (tertiary/aromatic N) is 1. The lowest BCUT2D eigenvalue weighted by molar-refractivity contribution is -0.107. The molecule has 0 fully saturated rings. The second-order valence-corrected chi connectivity index (χ2v) is 3.55. The van der Waals surface area contributed by atoms with Gasteiger partial charge in [0, 0.05) is 12.0 Å². The molecule has 0 saturated heterocycles. The minimum atomic E-state index is -0.0828. The average molecular weight is 227 g/mol. The Bertz CT molecular complexity index is 452. The zero-order valence-corrected chi connectivity index (χ0v) is 9.43. The van der Waals surface area contributed by atoms with Crippen LogP contribution in [0.1, 0.15) is 35.2 Å². The van der Waals surface area contributed by atoms with Gasteiger partial charge >= 0.3 is 0 Å². The van der Waals surface area contributed by atoms with Crippen molar-refractivity contribution in [2.75, 3.05) is 0 Å². The number of nitriles is 1. The molecular formula is C14H13NO2. The number of allylic oxidation sites excluding steroid dienone is 2. The van der Waals surface area contributed by atoms with Gasteiger partial charge in [-0.3, -0.25) is 4.79 Å². The van der Waals surface area contributed by atoms with Crippen LogP contribution in [0.2, 0.25) is 0 Å². The van der Waals surface area contributed by atoms with Gasteiger partial charge in [0.2, 0.25) is 0 Å². The van der Waals surface area contributed by atoms with E-state index in [4.69, 9.17) is 5.26 Å². The van der Waals surface area contributed by atoms with Crippen LogP contribution in [0.25, 0.3) is 0 Å². The van der Waals surface area contributed by atoms with E-state index in [2.05, 4.69) is 0 Å². The first-order valence-corrected chi connectivity index (χ1v) is 5.42. The fourth-order valence-corrected chi connectivity index (χ4v) is 1.31. The van der Waals surface area contributed by atoms with Gasteiger partial charge in [0.05, 0.1) is 11.6 Å². The van der Waals surface area contributed by atoms with Crippen LogP contribution in [0.3, 0.4) is 0 Å². The van der Waals surface area contributed by atoms with Gasteiger partial charge in [0.1, 0.15) is 6.29 Å². The number of aldehydes is 1. The van der Waals surface area contributed by atoms with E-state index in [0.29, 0.717) is 17.5 Å². The Hall–Kier alpha value is -2.21. The molecule has 17 heavy (non-hydrogen) atoms. The minimum absolute atomic E-state index is 0.0828. The summed E-state index contributed by atoms with van der Waals surface area (Å²) in [6, 6.07) is 8.51. The van der Waals surface area contributed by atoms with Gasteiger partial charge < -0.3 is 4.79 Å². The van der Waals surface area contributed by atoms with Crippen LogP contribution in [0.15, 0.2) is 36.4 Å². The molecule has 0 spiro atoms. The van der Waals surface area contributed by atoms with Crippen LogP contribution in [-0.2, 0) is 4.79 Å². The highest BCUT2D eigenvalue weighted by molar-refractivity contribution is 6.04. The molecule has 0 aromatic heterocycles. The first-order chi connectivity index (χ1) is 8.27. The van der Waals surface area contributed by atoms with Crippen LogP contribution >= 0.6 is 0 Å². The minimum Gasteiger partial charge on any atom is -0.303 e. The zero-order valence-electron chi connectivity index (χ0n) is 9.43. The maximum absolute atomic E-state index is 11.6. The molecule has 0 aliphatic carbocycles. The summed E-state index contributed by atoms with van der Waals surface area (Å²) >= 11 is 0. The summed E-state index contributed by atoms with van der Waals surface area (Å²) in [6.07, 6.45) is 6.16. The van der Waals surface area contributed by atoms with Gasteiger partial charge in [-0.25, -0.2) is 0 Å². The molecule has 0 bridgehead atoms. The smallest absolute Gasteiger partial charge is 0.185 e. The van der Waals surface area contributed by atoms with Crippen molar-refractivity contribution >= 4 is 12.1 Å². The van der Waals surface area contributed by atoms with Gasteiger partial charge in [-0.1, -0.05) is 6.08 Å². The Kier molecular flexibility index (Phi) is 5.39. The summed E-state index contributed by atoms with van der Waals surface area (Å²) in [6.45, 7) is 0. The summed E-state index contributed by atoms with van der Waals surface area (Å²) in [4.78, 5) is 21.7. The number of benzene rings is 1. The van der Waals surface area contributed by atoms with E-state index in [0.717, 1.165) is 19.1 Å². The van der Waals surface area contributed by atoms with Crippen molar-refractivity contribution < 1.29 is 9.59 Å². The Balaban J connectivity index is 2.52. The predicted molar refractivity (Wildman–Crippen MR) is 64.5 cm³/mol. The fraction of sp³-hybridized carbons (Fsp3) is 0.214. The molecule has 3 nitrogen and oxygen atoms in total. The monoisotopic (exact) mass is 227 g/mol. The number of carbonyl (C=O) groups excluding carboxylic acids is 2. The predicted octanol–water partition coefficient (Wildman–Crippen LogP) is 2.67. The Morgan fingerprint density at radius 1 is 1.24 bits per heavy atom. The lowest BCUT2D eigenvalue weighted by Gasteiger charge is -1.95. The Morgan fingerprint density at radius 2 is 1.94 bits per heavy atom. The third kappa shape index (κ3) is 4.43. The second kappa shape index (κ2) is 7.13. The average Bonchev–Trinajstić information content (AvgIpc) is 2.38. The first kappa shape index (κ1) is 12.9. The molecule has 0 radical (unpaired) electrons. The molecule has 0 aliphatic rings. The maximum atomic E-state index is 11.6. The highest BCUT2D eigenvalue weighted by Crippen LogP contribution is 2.05. The van der Waals surface area contributed by atoms with Gasteiger partial charge in [0.15, 0.2) is 5.78 Å². The van der Waals surface area contributed by atoms with Crippen molar-refractivity contribution in [1.82, 2.24) is 0 Å². The standard InChI is InChI=1S/C14H13NO2/c15-11-12-6-8-13(9-7-12)14(17)5-3-1-2-4-10-16/h3,5-10H,1-2,4H2/b5-3+. The van der Waals surface area contributed by atoms with Gasteiger partial charge in [-0.15, -0.1) is 0 Å². The van der Waals surface area contributed by atoms with Crippen molar-refractivity contribution in [1.29, 1.82) is 5.26 Å². The molecule has 0 amide bonds. The second-order valence-electron chi connectivity index (χ2n) is 3.55. The van der Waals surface area contributed by atoms with E-state index in [1.54, 1.807) is 30.3 Å². The van der Waals surface area contributed by atoms with Crippen molar-refractivity contribution in [3.63, 3.8) is 0 Å². The third-order valence-corrected chi connectivity index (χ3v) is 2.26. The lowest BCUT2D eigenvalue weighted by atomic mass is 10.1. The number of hydrogen-bond acceptors (Lipinski definition) is 3. The fourth-order valence-electron chi connectivity index (χ4n) is 1.31. The molecule has 1 aromatic carbocycles. The van der Waals surface area contributed by atoms with Crippen LogP contribution in [0.5, 0.6) is 0 Å². The largest absolute Gasteiger partial charge is 0.303 e. The molecule has 0 N–H and O–H groups in total. The van der Waals surface area contributed by atoms with Crippen LogP contribution < -0.4 is 0 Å². The van der Waals surface area contributed by atoms with Crippen molar-refractivity contribution in [2.24, 2.45) is 0 Å². The molecule has 0 atom stereocenters. The number of ketones is 1. The number of unbranched alkanes of at least 4 members (excludes halogenated alkanes) is 2. The van der Waals surface area contributed by atoms with Crippen LogP contribution in [-0.4, -0.2) is 12.1 Å². The molecule has 86 valence electrons. The molecule has 0 aliphatic heterocycles. The van der Waals surface area contributed by atoms with E-state index in [1.807, 2.05) is 6.07 Å². The van der Waals surface area contributed by atoms with Gasteiger partial charge in [-0.2, -0.15) is 5.26 Å². The Morgan fingerprint density at radius 3 is 2.53 bits per heavy atom. The van der Waals surface area contributed by atoms with E-state index >= 15 is 0 Å². The quantitative estimate of drug-likeness (QED) is 0.325. The van der Waals surface area contributed by atoms with Crippen LogP contribution in [0, 0.1) is 11.3 Å². The zero-order chi connectivity index (χ0) is 12.5. The molecule has 1 aromatic rings. The van der Waals surface area contributed by atoms with Crippen LogP contribution in [0.4, 0.5) is 0 Å². The number of hydrogen-bond donors (Lipinski definition) is 0. The number of carbonyl (C=O) groups is 2. The highest BCUT2D eigenvalue weighted by atomic mass is 16.1. The Labute approximate surface area is 100 Å². The van der Waals surface area contributed by atoms with E-state index < -0.39 is 0 Å². The third-order valence-electron chi connectivity index (χ3n) is 2.26. The van der Waals surface area contributed by atoms with Gasteiger partial charge in [0.25, 0.3) is 0 Å². The first-order valence-electron chi connectivity index (χ1n) is 5.42. The SMILES string of the molecule is N#Cc1ccc(C(=O)/C=C/CCCC=O)cc1.